The molecule has 14 heavy (non-hydrogen) atoms. The third-order valence-electron chi connectivity index (χ3n) is 2.82. The molecule has 0 aromatic carbocycles. The van der Waals surface area contributed by atoms with Crippen molar-refractivity contribution in [2.24, 2.45) is 5.73 Å². The molecular formula is C11H24N2O. The summed E-state index contributed by atoms with van der Waals surface area (Å²) in [5.74, 6) is 0. The Bertz CT molecular complexity index is 171. The molecule has 0 radical (unpaired) electrons. The molecule has 84 valence electrons. The minimum Gasteiger partial charge on any atom is -0.375 e. The lowest BCUT2D eigenvalue weighted by Gasteiger charge is -2.27. The van der Waals surface area contributed by atoms with Gasteiger partial charge in [0.1, 0.15) is 0 Å². The number of nitrogens with two attached hydrogens (primary N) is 1. The molecule has 0 saturated heterocycles. The fourth-order valence-corrected chi connectivity index (χ4v) is 2.03. The van der Waals surface area contributed by atoms with E-state index in [-0.39, 0.29) is 5.60 Å². The van der Waals surface area contributed by atoms with Crippen LogP contribution in [0.4, 0.5) is 0 Å². The van der Waals surface area contributed by atoms with Gasteiger partial charge in [0.15, 0.2) is 0 Å². The maximum absolute atomic E-state index is 5.85. The molecule has 0 aromatic rings. The molecule has 1 fully saturated rings. The van der Waals surface area contributed by atoms with Crippen molar-refractivity contribution in [1.29, 1.82) is 0 Å². The Morgan fingerprint density at radius 1 is 1.43 bits per heavy atom. The van der Waals surface area contributed by atoms with Gasteiger partial charge in [-0.15, -0.1) is 0 Å². The smallest absolute Gasteiger partial charge is 0.0750 e. The van der Waals surface area contributed by atoms with E-state index in [9.17, 15) is 0 Å². The summed E-state index contributed by atoms with van der Waals surface area (Å²) in [7, 11) is 0. The minimum atomic E-state index is -0.0541. The largest absolute Gasteiger partial charge is 0.375 e. The van der Waals surface area contributed by atoms with Crippen LogP contribution in [-0.2, 0) is 4.74 Å². The van der Waals surface area contributed by atoms with Crippen molar-refractivity contribution in [3.05, 3.63) is 0 Å². The Morgan fingerprint density at radius 2 is 2.14 bits per heavy atom. The highest BCUT2D eigenvalue weighted by atomic mass is 16.5. The van der Waals surface area contributed by atoms with Crippen LogP contribution < -0.4 is 11.1 Å². The standard InChI is InChI=1S/C11H24N2O/c1-4-14-11(2,3)8-13-10-6-5-9(12)7-10/h9-10,13H,4-8,12H2,1-3H3. The van der Waals surface area contributed by atoms with E-state index in [2.05, 4.69) is 19.2 Å². The third kappa shape index (κ3) is 3.95. The van der Waals surface area contributed by atoms with Crippen LogP contribution >= 0.6 is 0 Å². The van der Waals surface area contributed by atoms with Gasteiger partial charge in [-0.1, -0.05) is 0 Å². The van der Waals surface area contributed by atoms with Gasteiger partial charge in [-0.2, -0.15) is 0 Å². The van der Waals surface area contributed by atoms with Crippen molar-refractivity contribution < 1.29 is 4.74 Å². The normalized spacial score (nSPS) is 28.3. The average molecular weight is 200 g/mol. The van der Waals surface area contributed by atoms with Gasteiger partial charge >= 0.3 is 0 Å². The predicted octanol–water partition coefficient (Wildman–Crippen LogP) is 1.27. The predicted molar refractivity (Wildman–Crippen MR) is 59.3 cm³/mol. The summed E-state index contributed by atoms with van der Waals surface area (Å²) in [6.07, 6.45) is 3.48. The van der Waals surface area contributed by atoms with Crippen molar-refractivity contribution in [3.63, 3.8) is 0 Å². The third-order valence-corrected chi connectivity index (χ3v) is 2.82. The molecule has 3 N–H and O–H groups in total. The van der Waals surface area contributed by atoms with Crippen LogP contribution in [-0.4, -0.2) is 30.8 Å². The Hall–Kier alpha value is -0.120. The lowest BCUT2D eigenvalue weighted by Crippen LogP contribution is -2.42. The Balaban J connectivity index is 2.19. The first kappa shape index (κ1) is 12.0. The van der Waals surface area contributed by atoms with Crippen LogP contribution in [0.3, 0.4) is 0 Å². The maximum atomic E-state index is 5.85. The van der Waals surface area contributed by atoms with Crippen LogP contribution in [0, 0.1) is 0 Å². The van der Waals surface area contributed by atoms with E-state index < -0.39 is 0 Å². The molecule has 1 rings (SSSR count). The highest BCUT2D eigenvalue weighted by Crippen LogP contribution is 2.18. The highest BCUT2D eigenvalue weighted by Gasteiger charge is 2.24. The minimum absolute atomic E-state index is 0.0541. The summed E-state index contributed by atoms with van der Waals surface area (Å²) in [5, 5.41) is 3.53. The molecule has 2 unspecified atom stereocenters. The molecule has 0 spiro atoms. The SMILES string of the molecule is CCOC(C)(C)CNC1CCC(N)C1. The van der Waals surface area contributed by atoms with E-state index in [1.807, 2.05) is 6.92 Å². The number of ether oxygens (including phenoxy) is 1. The second-order valence-corrected chi connectivity index (χ2v) is 4.84. The van der Waals surface area contributed by atoms with Crippen molar-refractivity contribution in [3.8, 4) is 0 Å². The zero-order valence-corrected chi connectivity index (χ0v) is 9.68. The first-order valence-electron chi connectivity index (χ1n) is 5.66. The van der Waals surface area contributed by atoms with Gasteiger partial charge in [-0.05, 0) is 40.0 Å². The first-order valence-corrected chi connectivity index (χ1v) is 5.66. The van der Waals surface area contributed by atoms with Crippen LogP contribution in [0.25, 0.3) is 0 Å². The van der Waals surface area contributed by atoms with Crippen LogP contribution in [0.5, 0.6) is 0 Å². The van der Waals surface area contributed by atoms with E-state index in [0.717, 1.165) is 26.0 Å². The zero-order valence-electron chi connectivity index (χ0n) is 9.68. The van der Waals surface area contributed by atoms with E-state index >= 15 is 0 Å². The van der Waals surface area contributed by atoms with Gasteiger partial charge in [-0.3, -0.25) is 0 Å². The van der Waals surface area contributed by atoms with E-state index in [1.165, 1.54) is 6.42 Å². The fourth-order valence-electron chi connectivity index (χ4n) is 2.03. The molecule has 0 bridgehead atoms. The monoisotopic (exact) mass is 200 g/mol. The van der Waals surface area contributed by atoms with Crippen molar-refractivity contribution in [2.45, 2.75) is 57.7 Å². The molecule has 0 aliphatic heterocycles. The molecule has 3 nitrogen and oxygen atoms in total. The Labute approximate surface area is 87.4 Å². The topological polar surface area (TPSA) is 47.3 Å². The van der Waals surface area contributed by atoms with Crippen LogP contribution in [0.1, 0.15) is 40.0 Å². The molecule has 1 aliphatic carbocycles. The molecular weight excluding hydrogens is 176 g/mol. The van der Waals surface area contributed by atoms with Crippen LogP contribution in [0.2, 0.25) is 0 Å². The summed E-state index contributed by atoms with van der Waals surface area (Å²) >= 11 is 0. The lowest BCUT2D eigenvalue weighted by molar-refractivity contribution is -0.0105. The van der Waals surface area contributed by atoms with Crippen molar-refractivity contribution in [2.75, 3.05) is 13.2 Å². The zero-order chi connectivity index (χ0) is 10.6. The fraction of sp³-hybridized carbons (Fsp3) is 1.00. The van der Waals surface area contributed by atoms with Crippen molar-refractivity contribution >= 4 is 0 Å². The molecule has 0 heterocycles. The van der Waals surface area contributed by atoms with Gasteiger partial charge < -0.3 is 15.8 Å². The van der Waals surface area contributed by atoms with E-state index in [0.29, 0.717) is 12.1 Å². The molecule has 1 saturated carbocycles. The van der Waals surface area contributed by atoms with Gasteiger partial charge in [-0.25, -0.2) is 0 Å². The highest BCUT2D eigenvalue weighted by molar-refractivity contribution is 4.85. The van der Waals surface area contributed by atoms with Gasteiger partial charge in [0.05, 0.1) is 5.60 Å². The van der Waals surface area contributed by atoms with E-state index in [1.54, 1.807) is 0 Å². The second kappa shape index (κ2) is 5.10. The number of nitrogens with one attached hydrogen (secondary N) is 1. The van der Waals surface area contributed by atoms with Gasteiger partial charge in [0.25, 0.3) is 0 Å². The summed E-state index contributed by atoms with van der Waals surface area (Å²) in [6.45, 7) is 7.97. The maximum Gasteiger partial charge on any atom is 0.0750 e. The molecule has 0 aromatic heterocycles. The lowest BCUT2D eigenvalue weighted by atomic mass is 10.1. The average Bonchev–Trinajstić information content (AvgIpc) is 2.48. The Morgan fingerprint density at radius 3 is 2.64 bits per heavy atom. The van der Waals surface area contributed by atoms with Gasteiger partial charge in [0, 0.05) is 25.2 Å². The quantitative estimate of drug-likeness (QED) is 0.702. The molecule has 1 aliphatic rings. The number of rotatable bonds is 5. The molecule has 3 heteroatoms. The molecule has 2 atom stereocenters. The van der Waals surface area contributed by atoms with Crippen molar-refractivity contribution in [1.82, 2.24) is 5.32 Å². The summed E-state index contributed by atoms with van der Waals surface area (Å²) < 4.78 is 5.62. The summed E-state index contributed by atoms with van der Waals surface area (Å²) in [5.41, 5.74) is 5.80. The van der Waals surface area contributed by atoms with Gasteiger partial charge in [0.2, 0.25) is 0 Å². The number of hydrogen-bond acceptors (Lipinski definition) is 3. The van der Waals surface area contributed by atoms with E-state index in [4.69, 9.17) is 10.5 Å². The summed E-state index contributed by atoms with van der Waals surface area (Å²) in [6, 6.07) is 1.01. The number of hydrogen-bond donors (Lipinski definition) is 2. The molecule has 0 amide bonds. The second-order valence-electron chi connectivity index (χ2n) is 4.84. The Kier molecular flexibility index (Phi) is 4.35. The first-order chi connectivity index (χ1) is 6.53. The van der Waals surface area contributed by atoms with Crippen LogP contribution in [0.15, 0.2) is 0 Å². The summed E-state index contributed by atoms with van der Waals surface area (Å²) in [4.78, 5) is 0.